The lowest BCUT2D eigenvalue weighted by molar-refractivity contribution is -0.114. The third kappa shape index (κ3) is 2.85. The molecule has 5 rings (SSSR count). The largest absolute Gasteiger partial charge is 0.318 e. The van der Waals surface area contributed by atoms with Gasteiger partial charge < -0.3 is 5.32 Å². The Kier molecular flexibility index (Phi) is 4.45. The maximum atomic E-state index is 13.1. The van der Waals surface area contributed by atoms with E-state index in [1.807, 2.05) is 30.3 Å². The van der Waals surface area contributed by atoms with Gasteiger partial charge in [0.15, 0.2) is 0 Å². The van der Waals surface area contributed by atoms with Crippen molar-refractivity contribution >= 4 is 38.1 Å². The van der Waals surface area contributed by atoms with Gasteiger partial charge in [-0.2, -0.15) is 0 Å². The summed E-state index contributed by atoms with van der Waals surface area (Å²) in [5, 5.41) is 4.02. The third-order valence-electron chi connectivity index (χ3n) is 5.79. The van der Waals surface area contributed by atoms with Crippen LogP contribution in [0.15, 0.2) is 76.4 Å². The highest BCUT2D eigenvalue weighted by molar-refractivity contribution is 7.93. The molecular weight excluding hydrogens is 428 g/mol. The molecule has 0 saturated heterocycles. The van der Waals surface area contributed by atoms with Gasteiger partial charge >= 0.3 is 0 Å². The van der Waals surface area contributed by atoms with Gasteiger partial charge in [0.1, 0.15) is 12.2 Å². The molecule has 0 saturated carbocycles. The van der Waals surface area contributed by atoms with E-state index >= 15 is 0 Å². The highest BCUT2D eigenvalue weighted by atomic mass is 32.2. The molecule has 0 atom stereocenters. The minimum absolute atomic E-state index is 0.119. The second kappa shape index (κ2) is 7.10. The van der Waals surface area contributed by atoms with Crippen molar-refractivity contribution in [2.24, 2.45) is 7.05 Å². The topological polar surface area (TPSA) is 93.4 Å². The van der Waals surface area contributed by atoms with E-state index in [0.717, 1.165) is 9.69 Å². The molecule has 1 aliphatic rings. The van der Waals surface area contributed by atoms with Crippen molar-refractivity contribution in [1.82, 2.24) is 9.36 Å². The second-order valence-electron chi connectivity index (χ2n) is 7.63. The van der Waals surface area contributed by atoms with Gasteiger partial charge in [0.25, 0.3) is 15.6 Å². The summed E-state index contributed by atoms with van der Waals surface area (Å²) < 4.78 is 30.4. The van der Waals surface area contributed by atoms with Crippen LogP contribution in [0, 0.1) is 6.92 Å². The lowest BCUT2D eigenvalue weighted by Gasteiger charge is -2.18. The minimum atomic E-state index is -3.87. The van der Waals surface area contributed by atoms with E-state index in [1.165, 1.54) is 4.68 Å². The van der Waals surface area contributed by atoms with Gasteiger partial charge in [-0.25, -0.2) is 13.1 Å². The lowest BCUT2D eigenvalue weighted by Crippen LogP contribution is -2.36. The molecule has 3 aromatic carbocycles. The van der Waals surface area contributed by atoms with E-state index in [4.69, 9.17) is 0 Å². The maximum Gasteiger partial charge on any atom is 0.295 e. The predicted octanol–water partition coefficient (Wildman–Crippen LogP) is 2.79. The van der Waals surface area contributed by atoms with Gasteiger partial charge in [0.05, 0.1) is 22.0 Å². The fourth-order valence-electron chi connectivity index (χ4n) is 4.15. The fourth-order valence-corrected chi connectivity index (χ4v) is 5.82. The smallest absolute Gasteiger partial charge is 0.295 e. The first-order valence-corrected chi connectivity index (χ1v) is 11.4. The second-order valence-corrected chi connectivity index (χ2v) is 9.46. The summed E-state index contributed by atoms with van der Waals surface area (Å²) in [5.74, 6) is -0.593. The Morgan fingerprint density at radius 1 is 0.969 bits per heavy atom. The van der Waals surface area contributed by atoms with E-state index < -0.39 is 22.5 Å². The zero-order valence-corrected chi connectivity index (χ0v) is 18.3. The molecule has 0 radical (unpaired) electrons. The molecule has 0 bridgehead atoms. The average Bonchev–Trinajstić information content (AvgIpc) is 3.13. The van der Waals surface area contributed by atoms with Gasteiger partial charge in [0.2, 0.25) is 5.91 Å². The van der Waals surface area contributed by atoms with E-state index in [9.17, 15) is 18.0 Å². The number of carbonyl (C=O) groups excluding carboxylic acids is 1. The minimum Gasteiger partial charge on any atom is -0.318 e. The molecule has 1 aliphatic heterocycles. The van der Waals surface area contributed by atoms with Crippen LogP contribution >= 0.6 is 0 Å². The van der Waals surface area contributed by atoms with Crippen molar-refractivity contribution in [3.05, 3.63) is 82.8 Å². The van der Waals surface area contributed by atoms with Gasteiger partial charge in [-0.15, -0.1) is 0 Å². The van der Waals surface area contributed by atoms with Crippen LogP contribution in [-0.2, 0) is 21.9 Å². The van der Waals surface area contributed by atoms with E-state index in [0.29, 0.717) is 22.5 Å². The maximum absolute atomic E-state index is 13.1. The number of anilines is 2. The number of hydrogen-bond acceptors (Lipinski definition) is 4. The van der Waals surface area contributed by atoms with E-state index in [1.54, 1.807) is 55.1 Å². The number of para-hydroxylation sites is 1. The predicted molar refractivity (Wildman–Crippen MR) is 123 cm³/mol. The number of hydrogen-bond donors (Lipinski definition) is 1. The summed E-state index contributed by atoms with van der Waals surface area (Å²) in [7, 11) is -2.14. The Morgan fingerprint density at radius 3 is 2.38 bits per heavy atom. The molecule has 1 N–H and O–H groups in total. The van der Waals surface area contributed by atoms with E-state index in [2.05, 4.69) is 5.32 Å². The number of amides is 1. The summed E-state index contributed by atoms with van der Waals surface area (Å²) in [6.07, 6.45) is 0. The van der Waals surface area contributed by atoms with Crippen LogP contribution in [0.5, 0.6) is 0 Å². The van der Waals surface area contributed by atoms with Crippen molar-refractivity contribution in [2.75, 3.05) is 16.2 Å². The molecule has 8 nitrogen and oxygen atoms in total. The molecule has 0 fully saturated rings. The van der Waals surface area contributed by atoms with Crippen LogP contribution in [0.25, 0.3) is 16.5 Å². The molecule has 32 heavy (non-hydrogen) atoms. The number of benzene rings is 3. The molecule has 1 aromatic heterocycles. The number of nitrogens with zero attached hydrogens (tertiary/aromatic N) is 3. The van der Waals surface area contributed by atoms with Crippen molar-refractivity contribution in [2.45, 2.75) is 11.8 Å². The van der Waals surface area contributed by atoms with Crippen LogP contribution in [0.3, 0.4) is 0 Å². The van der Waals surface area contributed by atoms with Gasteiger partial charge in [-0.3, -0.25) is 18.6 Å². The molecule has 4 aromatic rings. The van der Waals surface area contributed by atoms with Gasteiger partial charge in [-0.1, -0.05) is 42.5 Å². The van der Waals surface area contributed by atoms with Crippen LogP contribution in [0.4, 0.5) is 11.4 Å². The highest BCUT2D eigenvalue weighted by Gasteiger charge is 2.36. The van der Waals surface area contributed by atoms with Crippen molar-refractivity contribution in [3.8, 4) is 5.69 Å². The summed E-state index contributed by atoms with van der Waals surface area (Å²) >= 11 is 0. The van der Waals surface area contributed by atoms with Gasteiger partial charge in [-0.05, 0) is 36.6 Å². The molecule has 2 heterocycles. The SMILES string of the molecule is Cc1c(NC(=O)CN2c3cccc4cccc(c34)S2(=O)=O)c(=O)n(-c2ccccc2)n1C. The third-order valence-corrected chi connectivity index (χ3v) is 7.59. The molecular formula is C23H20N4O4S. The Morgan fingerprint density at radius 2 is 1.66 bits per heavy atom. The first kappa shape index (κ1) is 20.1. The summed E-state index contributed by atoms with van der Waals surface area (Å²) in [5.41, 5.74) is 1.40. The number of carbonyl (C=O) groups is 1. The Balaban J connectivity index is 1.48. The highest BCUT2D eigenvalue weighted by Crippen LogP contribution is 2.41. The molecule has 1 amide bonds. The molecule has 0 spiro atoms. The van der Waals surface area contributed by atoms with Crippen LogP contribution in [-0.4, -0.2) is 30.2 Å². The van der Waals surface area contributed by atoms with Crippen LogP contribution < -0.4 is 15.2 Å². The van der Waals surface area contributed by atoms with Crippen LogP contribution in [0.2, 0.25) is 0 Å². The first-order valence-electron chi connectivity index (χ1n) is 9.99. The molecule has 162 valence electrons. The Bertz CT molecular complexity index is 1550. The Labute approximate surface area is 184 Å². The average molecular weight is 449 g/mol. The normalized spacial score (nSPS) is 14.1. The summed E-state index contributed by atoms with van der Waals surface area (Å²) in [4.78, 5) is 26.1. The zero-order chi connectivity index (χ0) is 22.6. The van der Waals surface area contributed by atoms with Crippen molar-refractivity contribution in [3.63, 3.8) is 0 Å². The molecule has 0 unspecified atom stereocenters. The van der Waals surface area contributed by atoms with E-state index in [-0.39, 0.29) is 16.1 Å². The van der Waals surface area contributed by atoms with Crippen molar-refractivity contribution in [1.29, 1.82) is 0 Å². The quantitative estimate of drug-likeness (QED) is 0.520. The van der Waals surface area contributed by atoms with Crippen LogP contribution in [0.1, 0.15) is 5.69 Å². The number of nitrogens with one attached hydrogen (secondary N) is 1. The monoisotopic (exact) mass is 448 g/mol. The molecule has 9 heteroatoms. The summed E-state index contributed by atoms with van der Waals surface area (Å²) in [6.45, 7) is 1.29. The first-order chi connectivity index (χ1) is 15.3. The summed E-state index contributed by atoms with van der Waals surface area (Å²) in [6, 6.07) is 19.4. The van der Waals surface area contributed by atoms with Crippen molar-refractivity contribution < 1.29 is 13.2 Å². The number of sulfonamides is 1. The fraction of sp³-hybridized carbons (Fsp3) is 0.130. The van der Waals surface area contributed by atoms with Gasteiger partial charge in [0, 0.05) is 12.4 Å². The number of rotatable bonds is 4. The Hall–Kier alpha value is -3.85. The number of aromatic nitrogens is 2. The lowest BCUT2D eigenvalue weighted by atomic mass is 10.1. The standard InChI is InChI=1S/C23H20N4O4S/c1-15-22(23(29)27(25(15)2)17-10-4-3-5-11-17)24-20(28)14-26-18-12-6-8-16-9-7-13-19(21(16)18)32(26,30)31/h3-13H,14H2,1-2H3,(H,24,28). The molecule has 0 aliphatic carbocycles. The zero-order valence-electron chi connectivity index (χ0n) is 17.4.